The second kappa shape index (κ2) is 17.8. The van der Waals surface area contributed by atoms with Crippen LogP contribution in [0.2, 0.25) is 23.7 Å². The molecular weight excluding hydrogens is 733 g/mol. The molecule has 2 heterocycles. The van der Waals surface area contributed by atoms with Crippen LogP contribution in [0.3, 0.4) is 0 Å². The molecule has 4 heteroatoms. The van der Waals surface area contributed by atoms with E-state index in [2.05, 4.69) is 51.0 Å². The summed E-state index contributed by atoms with van der Waals surface area (Å²) in [6.45, 7) is 16.4. The van der Waals surface area contributed by atoms with Crippen LogP contribution in [0, 0.1) is 59.2 Å². The first-order chi connectivity index (χ1) is 28.6. The summed E-state index contributed by atoms with van der Waals surface area (Å²) in [6.07, 6.45) is 42.8. The van der Waals surface area contributed by atoms with Crippen molar-refractivity contribution in [1.82, 2.24) is 9.80 Å². The standard InChI is InChI=1S/C55H96N2OSi/c1-37-29-31-47-45(35-37)49-51(56(47)39-21-11-9-12-22-39)41-25-15-17-27-43(41)53(49)59(6,34-20-8-7-19-33-58-55(3,4)5)54-44-28-18-16-26-42(44)52-50(54)46-36-38(2)30-32-48(46)57(52)40-23-13-10-14-24-40/h37-54H,7-36H2,1-6H3. The van der Waals surface area contributed by atoms with Gasteiger partial charge in [0.15, 0.2) is 0 Å². The van der Waals surface area contributed by atoms with Gasteiger partial charge in [-0.15, -0.1) is 0 Å². The molecule has 59 heavy (non-hydrogen) atoms. The van der Waals surface area contributed by atoms with Gasteiger partial charge in [0.1, 0.15) is 0 Å². The number of ether oxygens (including phenoxy) is 1. The summed E-state index contributed by atoms with van der Waals surface area (Å²) in [7, 11) is -1.81. The van der Waals surface area contributed by atoms with Crippen LogP contribution in [-0.4, -0.2) is 66.3 Å². The predicted octanol–water partition coefficient (Wildman–Crippen LogP) is 14.7. The largest absolute Gasteiger partial charge is 0.376 e. The van der Waals surface area contributed by atoms with E-state index >= 15 is 0 Å². The van der Waals surface area contributed by atoms with Crippen LogP contribution in [0.5, 0.6) is 0 Å². The van der Waals surface area contributed by atoms with Gasteiger partial charge >= 0.3 is 0 Å². The first-order valence-corrected chi connectivity index (χ1v) is 30.7. The molecule has 10 rings (SSSR count). The van der Waals surface area contributed by atoms with E-state index in [0.29, 0.717) is 0 Å². The second-order valence-electron chi connectivity index (χ2n) is 25.8. The van der Waals surface area contributed by atoms with Crippen molar-refractivity contribution in [3.8, 4) is 0 Å². The SMILES string of the molecule is CC1CCC2C(C1)C1C(C3CCCCC3C1[Si](C)(CCCCCCOC(C)(C)C)C1C3CCCCC3C3C1C1CC(C)CCC1N3C1CCCCC1)N2C1CCCCC1. The van der Waals surface area contributed by atoms with Gasteiger partial charge < -0.3 is 4.74 Å². The molecule has 0 aromatic heterocycles. The van der Waals surface area contributed by atoms with Gasteiger partial charge in [-0.05, 0) is 175 Å². The van der Waals surface area contributed by atoms with Gasteiger partial charge in [-0.1, -0.05) is 123 Å². The van der Waals surface area contributed by atoms with Gasteiger partial charge in [0.2, 0.25) is 0 Å². The Kier molecular flexibility index (Phi) is 13.0. The topological polar surface area (TPSA) is 15.7 Å². The molecule has 8 saturated carbocycles. The molecule has 336 valence electrons. The number of rotatable bonds is 11. The quantitative estimate of drug-likeness (QED) is 0.152. The summed E-state index contributed by atoms with van der Waals surface area (Å²) >= 11 is 0. The highest BCUT2D eigenvalue weighted by molar-refractivity contribution is 6.81. The molecule has 0 spiro atoms. The van der Waals surface area contributed by atoms with Crippen LogP contribution in [0.1, 0.15) is 214 Å². The maximum absolute atomic E-state index is 6.29. The molecule has 10 aliphatic rings. The lowest BCUT2D eigenvalue weighted by molar-refractivity contribution is -0.00471. The van der Waals surface area contributed by atoms with Crippen LogP contribution in [-0.2, 0) is 4.74 Å². The zero-order chi connectivity index (χ0) is 40.5. The zero-order valence-electron chi connectivity index (χ0n) is 39.9. The van der Waals surface area contributed by atoms with Crippen molar-refractivity contribution >= 4 is 8.07 Å². The van der Waals surface area contributed by atoms with Gasteiger partial charge in [-0.2, -0.15) is 0 Å². The Hall–Kier alpha value is 0.0969. The molecule has 8 aliphatic carbocycles. The first-order valence-electron chi connectivity index (χ1n) is 27.8. The monoisotopic (exact) mass is 829 g/mol. The van der Waals surface area contributed by atoms with Crippen LogP contribution >= 0.6 is 0 Å². The third-order valence-electron chi connectivity index (χ3n) is 21.5. The number of fused-ring (bicyclic) bond motifs is 10. The highest BCUT2D eigenvalue weighted by Gasteiger charge is 2.72. The second-order valence-corrected chi connectivity index (χ2v) is 30.7. The fraction of sp³-hybridized carbons (Fsp3) is 1.00. The van der Waals surface area contributed by atoms with E-state index in [1.165, 1.54) is 96.3 Å². The highest BCUT2D eigenvalue weighted by atomic mass is 28.3. The number of unbranched alkanes of at least 4 members (excludes halogenated alkanes) is 3. The van der Waals surface area contributed by atoms with Crippen molar-refractivity contribution in [1.29, 1.82) is 0 Å². The molecule has 0 aromatic rings. The van der Waals surface area contributed by atoms with Gasteiger partial charge in [0.25, 0.3) is 0 Å². The fourth-order valence-corrected chi connectivity index (χ4v) is 27.5. The van der Waals surface area contributed by atoms with E-state index in [-0.39, 0.29) is 5.60 Å². The molecule has 0 N–H and O–H groups in total. The van der Waals surface area contributed by atoms with Crippen molar-refractivity contribution in [2.75, 3.05) is 6.61 Å². The van der Waals surface area contributed by atoms with Crippen molar-refractivity contribution in [3.63, 3.8) is 0 Å². The lowest BCUT2D eigenvalue weighted by Crippen LogP contribution is -2.52. The van der Waals surface area contributed by atoms with E-state index in [1.54, 1.807) is 89.5 Å². The van der Waals surface area contributed by atoms with E-state index in [0.717, 1.165) is 113 Å². The lowest BCUT2D eigenvalue weighted by Gasteiger charge is -2.53. The Balaban J connectivity index is 1.06. The van der Waals surface area contributed by atoms with Crippen molar-refractivity contribution in [2.24, 2.45) is 59.2 Å². The summed E-state index contributed by atoms with van der Waals surface area (Å²) in [5.41, 5.74) is 2.23. The normalized spacial score (nSPS) is 46.9. The van der Waals surface area contributed by atoms with Gasteiger partial charge in [0, 0.05) is 42.9 Å². The minimum absolute atomic E-state index is 0.000873. The van der Waals surface area contributed by atoms with Crippen LogP contribution in [0.25, 0.3) is 0 Å². The highest BCUT2D eigenvalue weighted by Crippen LogP contribution is 2.74. The van der Waals surface area contributed by atoms with Gasteiger partial charge in [-0.25, -0.2) is 0 Å². The van der Waals surface area contributed by atoms with Crippen molar-refractivity contribution in [3.05, 3.63) is 0 Å². The Morgan fingerprint density at radius 1 is 0.475 bits per heavy atom. The number of likely N-dealkylation sites (tertiary alicyclic amines) is 2. The molecule has 16 atom stereocenters. The van der Waals surface area contributed by atoms with Crippen molar-refractivity contribution in [2.45, 2.75) is 280 Å². The van der Waals surface area contributed by atoms with E-state index in [1.807, 2.05) is 0 Å². The average molecular weight is 829 g/mol. The molecule has 2 aliphatic heterocycles. The molecule has 0 aromatic carbocycles. The lowest BCUT2D eigenvalue weighted by atomic mass is 9.73. The van der Waals surface area contributed by atoms with Crippen LogP contribution in [0.4, 0.5) is 0 Å². The van der Waals surface area contributed by atoms with Crippen molar-refractivity contribution < 1.29 is 4.74 Å². The molecule has 0 bridgehead atoms. The van der Waals surface area contributed by atoms with E-state index < -0.39 is 8.07 Å². The Morgan fingerprint density at radius 2 is 0.898 bits per heavy atom. The summed E-state index contributed by atoms with van der Waals surface area (Å²) in [4.78, 5) is 6.96. The number of nitrogens with zero attached hydrogens (tertiary/aromatic N) is 2. The third kappa shape index (κ3) is 7.90. The molecule has 3 nitrogen and oxygen atoms in total. The molecule has 0 amide bonds. The van der Waals surface area contributed by atoms with E-state index in [4.69, 9.17) is 4.74 Å². The van der Waals surface area contributed by atoms with Gasteiger partial charge in [0.05, 0.1) is 13.7 Å². The average Bonchev–Trinajstić information content (AvgIpc) is 3.95. The summed E-state index contributed by atoms with van der Waals surface area (Å²) < 4.78 is 6.29. The summed E-state index contributed by atoms with van der Waals surface area (Å²) in [5.74, 6) is 10.3. The molecule has 2 saturated heterocycles. The smallest absolute Gasteiger partial charge is 0.0598 e. The molecule has 0 radical (unpaired) electrons. The van der Waals surface area contributed by atoms with Crippen LogP contribution in [0.15, 0.2) is 0 Å². The zero-order valence-corrected chi connectivity index (χ0v) is 40.9. The number of hydrogen-bond acceptors (Lipinski definition) is 3. The molecule has 16 unspecified atom stereocenters. The van der Waals surface area contributed by atoms with Gasteiger partial charge in [-0.3, -0.25) is 9.80 Å². The summed E-state index contributed by atoms with van der Waals surface area (Å²) in [5, 5.41) is 0. The summed E-state index contributed by atoms with van der Waals surface area (Å²) in [6, 6.07) is 7.32. The third-order valence-corrected chi connectivity index (χ3v) is 27.6. The maximum atomic E-state index is 6.29. The van der Waals surface area contributed by atoms with E-state index in [9.17, 15) is 0 Å². The molecule has 10 fully saturated rings. The first kappa shape index (κ1) is 43.0. The predicted molar refractivity (Wildman–Crippen MR) is 252 cm³/mol. The fourth-order valence-electron chi connectivity index (χ4n) is 19.9. The minimum atomic E-state index is -1.81. The minimum Gasteiger partial charge on any atom is -0.376 e. The van der Waals surface area contributed by atoms with Crippen LogP contribution < -0.4 is 0 Å². The maximum Gasteiger partial charge on any atom is 0.0598 e. The number of hydrogen-bond donors (Lipinski definition) is 0. The molecular formula is C55H96N2OSi. The Morgan fingerprint density at radius 3 is 1.36 bits per heavy atom. The Labute approximate surface area is 366 Å². The Bertz CT molecular complexity index is 1300.